The number of piperidine rings is 1. The topological polar surface area (TPSA) is 66.5 Å². The molecular formula is C17H18N2O3S. The maximum absolute atomic E-state index is 12.4. The summed E-state index contributed by atoms with van der Waals surface area (Å²) in [5.41, 5.74) is 1.26. The van der Waals surface area contributed by atoms with Crippen LogP contribution in [0.2, 0.25) is 0 Å². The van der Waals surface area contributed by atoms with Crippen LogP contribution in [0.3, 0.4) is 0 Å². The standard InChI is InChI=1S/C17H18N2O3S/c20-17-8-4-5-13-19(17)15-9-11-16(12-10-15)23(21,22)18-14-6-2-1-3-7-14/h1-3,6-7,9-12,18H,4-5,8,13H2. The van der Waals surface area contributed by atoms with Crippen molar-refractivity contribution < 1.29 is 13.2 Å². The zero-order chi connectivity index (χ0) is 16.3. The van der Waals surface area contributed by atoms with Crippen molar-refractivity contribution in [3.8, 4) is 0 Å². The lowest BCUT2D eigenvalue weighted by Gasteiger charge is -2.26. The molecule has 1 aliphatic heterocycles. The quantitative estimate of drug-likeness (QED) is 0.937. The predicted octanol–water partition coefficient (Wildman–Crippen LogP) is 3.00. The number of amides is 1. The highest BCUT2D eigenvalue weighted by Gasteiger charge is 2.20. The summed E-state index contributed by atoms with van der Waals surface area (Å²) < 4.78 is 27.3. The molecule has 120 valence electrons. The first-order valence-electron chi connectivity index (χ1n) is 7.54. The fraction of sp³-hybridized carbons (Fsp3) is 0.235. The van der Waals surface area contributed by atoms with Crippen LogP contribution in [-0.4, -0.2) is 20.9 Å². The third-order valence-electron chi connectivity index (χ3n) is 3.81. The van der Waals surface area contributed by atoms with Gasteiger partial charge in [0.05, 0.1) is 4.90 Å². The molecule has 23 heavy (non-hydrogen) atoms. The van der Waals surface area contributed by atoms with Gasteiger partial charge in [-0.1, -0.05) is 18.2 Å². The zero-order valence-corrected chi connectivity index (χ0v) is 13.4. The minimum atomic E-state index is -3.63. The van der Waals surface area contributed by atoms with Gasteiger partial charge in [-0.15, -0.1) is 0 Å². The van der Waals surface area contributed by atoms with Gasteiger partial charge in [0.1, 0.15) is 0 Å². The average Bonchev–Trinajstić information content (AvgIpc) is 2.56. The summed E-state index contributed by atoms with van der Waals surface area (Å²) in [6.45, 7) is 0.688. The Morgan fingerprint density at radius 2 is 1.61 bits per heavy atom. The normalized spacial score (nSPS) is 15.5. The van der Waals surface area contributed by atoms with Crippen molar-refractivity contribution in [1.29, 1.82) is 0 Å². The minimum absolute atomic E-state index is 0.0919. The number of carbonyl (C=O) groups excluding carboxylic acids is 1. The lowest BCUT2D eigenvalue weighted by atomic mass is 10.1. The molecule has 0 atom stereocenters. The van der Waals surface area contributed by atoms with Gasteiger partial charge in [0.2, 0.25) is 5.91 Å². The number of hydrogen-bond donors (Lipinski definition) is 1. The van der Waals surface area contributed by atoms with E-state index in [-0.39, 0.29) is 10.8 Å². The highest BCUT2D eigenvalue weighted by molar-refractivity contribution is 7.92. The molecule has 1 fully saturated rings. The fourth-order valence-electron chi connectivity index (χ4n) is 2.60. The number of rotatable bonds is 4. The molecule has 0 bridgehead atoms. The summed E-state index contributed by atoms with van der Waals surface area (Å²) in [6, 6.07) is 15.2. The Bertz CT molecular complexity index is 786. The zero-order valence-electron chi connectivity index (χ0n) is 12.6. The second-order valence-corrected chi connectivity index (χ2v) is 7.15. The van der Waals surface area contributed by atoms with Crippen molar-refractivity contribution in [2.24, 2.45) is 0 Å². The Morgan fingerprint density at radius 3 is 2.26 bits per heavy atom. The first kappa shape index (κ1) is 15.6. The molecule has 1 amide bonds. The first-order chi connectivity index (χ1) is 11.1. The predicted molar refractivity (Wildman–Crippen MR) is 89.9 cm³/mol. The van der Waals surface area contributed by atoms with Crippen LogP contribution in [0.1, 0.15) is 19.3 Å². The fourth-order valence-corrected chi connectivity index (χ4v) is 3.66. The molecule has 3 rings (SSSR count). The largest absolute Gasteiger partial charge is 0.312 e. The molecule has 0 spiro atoms. The molecule has 1 aliphatic rings. The number of benzene rings is 2. The van der Waals surface area contributed by atoms with E-state index in [0.717, 1.165) is 18.5 Å². The van der Waals surface area contributed by atoms with Gasteiger partial charge in [-0.05, 0) is 49.2 Å². The number of nitrogens with one attached hydrogen (secondary N) is 1. The molecule has 2 aromatic rings. The molecule has 1 N–H and O–H groups in total. The van der Waals surface area contributed by atoms with Crippen molar-refractivity contribution in [2.75, 3.05) is 16.2 Å². The van der Waals surface area contributed by atoms with Crippen LogP contribution in [0.5, 0.6) is 0 Å². The molecule has 1 heterocycles. The first-order valence-corrected chi connectivity index (χ1v) is 9.03. The maximum atomic E-state index is 12.4. The number of sulfonamides is 1. The summed E-state index contributed by atoms with van der Waals surface area (Å²) in [6.07, 6.45) is 2.44. The summed E-state index contributed by atoms with van der Waals surface area (Å²) in [5.74, 6) is 0.0919. The lowest BCUT2D eigenvalue weighted by Crippen LogP contribution is -2.35. The maximum Gasteiger partial charge on any atom is 0.261 e. The van der Waals surface area contributed by atoms with Crippen molar-refractivity contribution in [1.82, 2.24) is 0 Å². The summed E-state index contributed by atoms with van der Waals surface area (Å²) in [7, 11) is -3.63. The second-order valence-electron chi connectivity index (χ2n) is 5.47. The minimum Gasteiger partial charge on any atom is -0.312 e. The van der Waals surface area contributed by atoms with E-state index >= 15 is 0 Å². The van der Waals surface area contributed by atoms with Crippen LogP contribution in [0.25, 0.3) is 0 Å². The van der Waals surface area contributed by atoms with Gasteiger partial charge in [0.15, 0.2) is 0 Å². The molecular weight excluding hydrogens is 312 g/mol. The summed E-state index contributed by atoms with van der Waals surface area (Å²) in [5, 5.41) is 0. The Morgan fingerprint density at radius 1 is 0.913 bits per heavy atom. The lowest BCUT2D eigenvalue weighted by molar-refractivity contribution is -0.119. The van der Waals surface area contributed by atoms with Crippen LogP contribution < -0.4 is 9.62 Å². The van der Waals surface area contributed by atoms with E-state index in [9.17, 15) is 13.2 Å². The highest BCUT2D eigenvalue weighted by Crippen LogP contribution is 2.23. The van der Waals surface area contributed by atoms with E-state index in [1.54, 1.807) is 41.3 Å². The summed E-state index contributed by atoms with van der Waals surface area (Å²) in [4.78, 5) is 13.8. The molecule has 6 heteroatoms. The van der Waals surface area contributed by atoms with E-state index in [1.807, 2.05) is 6.07 Å². The van der Waals surface area contributed by atoms with Crippen LogP contribution in [0, 0.1) is 0 Å². The van der Waals surface area contributed by atoms with E-state index < -0.39 is 10.0 Å². The molecule has 0 radical (unpaired) electrons. The van der Waals surface area contributed by atoms with Gasteiger partial charge in [-0.25, -0.2) is 8.42 Å². The molecule has 0 aliphatic carbocycles. The Labute approximate surface area is 136 Å². The molecule has 0 saturated carbocycles. The number of hydrogen-bond acceptors (Lipinski definition) is 3. The van der Waals surface area contributed by atoms with E-state index in [4.69, 9.17) is 0 Å². The average molecular weight is 330 g/mol. The van der Waals surface area contributed by atoms with Gasteiger partial charge < -0.3 is 4.90 Å². The number of para-hydroxylation sites is 1. The van der Waals surface area contributed by atoms with Gasteiger partial charge >= 0.3 is 0 Å². The van der Waals surface area contributed by atoms with Crippen LogP contribution in [0.4, 0.5) is 11.4 Å². The number of anilines is 2. The Hall–Kier alpha value is -2.34. The van der Waals surface area contributed by atoms with Gasteiger partial charge in [-0.2, -0.15) is 0 Å². The van der Waals surface area contributed by atoms with Crippen LogP contribution >= 0.6 is 0 Å². The third kappa shape index (κ3) is 3.53. The van der Waals surface area contributed by atoms with Crippen molar-refractivity contribution in [3.63, 3.8) is 0 Å². The SMILES string of the molecule is O=C1CCCCN1c1ccc(S(=O)(=O)Nc2ccccc2)cc1. The molecule has 2 aromatic carbocycles. The van der Waals surface area contributed by atoms with E-state index in [1.165, 1.54) is 12.1 Å². The van der Waals surface area contributed by atoms with E-state index in [0.29, 0.717) is 18.7 Å². The molecule has 5 nitrogen and oxygen atoms in total. The summed E-state index contributed by atoms with van der Waals surface area (Å²) >= 11 is 0. The van der Waals surface area contributed by atoms with Gasteiger partial charge in [-0.3, -0.25) is 9.52 Å². The van der Waals surface area contributed by atoms with E-state index in [2.05, 4.69) is 4.72 Å². The smallest absolute Gasteiger partial charge is 0.261 e. The van der Waals surface area contributed by atoms with Gasteiger partial charge in [0, 0.05) is 24.3 Å². The number of carbonyl (C=O) groups is 1. The third-order valence-corrected chi connectivity index (χ3v) is 5.21. The molecule has 1 saturated heterocycles. The highest BCUT2D eigenvalue weighted by atomic mass is 32.2. The second kappa shape index (κ2) is 6.42. The molecule has 0 aromatic heterocycles. The Kier molecular flexibility index (Phi) is 4.34. The number of nitrogens with zero attached hydrogens (tertiary/aromatic N) is 1. The molecule has 0 unspecified atom stereocenters. The van der Waals surface area contributed by atoms with Crippen LogP contribution in [-0.2, 0) is 14.8 Å². The van der Waals surface area contributed by atoms with Crippen LogP contribution in [0.15, 0.2) is 59.5 Å². The van der Waals surface area contributed by atoms with Crippen molar-refractivity contribution >= 4 is 27.3 Å². The van der Waals surface area contributed by atoms with Crippen molar-refractivity contribution in [3.05, 3.63) is 54.6 Å². The monoisotopic (exact) mass is 330 g/mol. The van der Waals surface area contributed by atoms with Gasteiger partial charge in [0.25, 0.3) is 10.0 Å². The Balaban J connectivity index is 1.80. The van der Waals surface area contributed by atoms with Crippen molar-refractivity contribution in [2.45, 2.75) is 24.2 Å².